The molecule has 4 aliphatic rings. The Morgan fingerprint density at radius 1 is 1.30 bits per heavy atom. The third-order valence-corrected chi connectivity index (χ3v) is 5.63. The number of likely N-dealkylation sites (tertiary alicyclic amines) is 1. The SMILES string of the molecule is O=C([C@@H]1C[C@@H]2OCC[C@@H]2N1)N1CCC2(CC1)CC2(F)F. The summed E-state index contributed by atoms with van der Waals surface area (Å²) in [4.78, 5) is 14.2. The van der Waals surface area contributed by atoms with Crippen LogP contribution >= 0.6 is 0 Å². The van der Waals surface area contributed by atoms with Crippen molar-refractivity contribution in [3.05, 3.63) is 0 Å². The third-order valence-electron chi connectivity index (χ3n) is 5.63. The first-order valence-electron chi connectivity index (χ1n) is 7.55. The Labute approximate surface area is 116 Å². The summed E-state index contributed by atoms with van der Waals surface area (Å²) in [6.45, 7) is 1.72. The van der Waals surface area contributed by atoms with Crippen LogP contribution in [0.4, 0.5) is 8.78 Å². The molecule has 1 N–H and O–H groups in total. The first-order chi connectivity index (χ1) is 9.51. The second kappa shape index (κ2) is 4.13. The van der Waals surface area contributed by atoms with E-state index in [-0.39, 0.29) is 24.5 Å². The average Bonchev–Trinajstić information content (AvgIpc) is 2.79. The van der Waals surface area contributed by atoms with E-state index in [1.165, 1.54) is 0 Å². The molecule has 1 saturated carbocycles. The van der Waals surface area contributed by atoms with Gasteiger partial charge < -0.3 is 15.0 Å². The molecule has 6 heteroatoms. The van der Waals surface area contributed by atoms with Crippen molar-refractivity contribution in [3.63, 3.8) is 0 Å². The van der Waals surface area contributed by atoms with Crippen LogP contribution < -0.4 is 5.32 Å². The van der Waals surface area contributed by atoms with Crippen LogP contribution in [0.1, 0.15) is 32.1 Å². The number of hydrogen-bond donors (Lipinski definition) is 1. The molecule has 112 valence electrons. The molecule has 4 rings (SSSR count). The van der Waals surface area contributed by atoms with Crippen molar-refractivity contribution in [3.8, 4) is 0 Å². The van der Waals surface area contributed by atoms with E-state index in [2.05, 4.69) is 5.32 Å². The number of piperidine rings is 1. The molecule has 0 bridgehead atoms. The first-order valence-corrected chi connectivity index (χ1v) is 7.55. The number of nitrogens with zero attached hydrogens (tertiary/aromatic N) is 1. The molecular formula is C14H20F2N2O2. The molecule has 3 heterocycles. The fourth-order valence-corrected chi connectivity index (χ4v) is 4.10. The van der Waals surface area contributed by atoms with E-state index in [1.807, 2.05) is 0 Å². The summed E-state index contributed by atoms with van der Waals surface area (Å²) in [6.07, 6.45) is 2.75. The number of halogens is 2. The standard InChI is InChI=1S/C14H20F2N2O2/c15-14(16)8-13(14)2-4-18(5-3-13)12(19)10-7-11-9(17-10)1-6-20-11/h9-11,17H,1-8H2/t9-,10-,11-/m0/s1. The predicted octanol–water partition coefficient (Wildman–Crippen LogP) is 1.15. The molecule has 0 aromatic carbocycles. The Morgan fingerprint density at radius 2 is 2.00 bits per heavy atom. The van der Waals surface area contributed by atoms with Crippen LogP contribution in [0.2, 0.25) is 0 Å². The fourth-order valence-electron chi connectivity index (χ4n) is 4.10. The lowest BCUT2D eigenvalue weighted by Gasteiger charge is -2.34. The van der Waals surface area contributed by atoms with Gasteiger partial charge in [0.15, 0.2) is 0 Å². The molecule has 1 aliphatic carbocycles. The van der Waals surface area contributed by atoms with Crippen molar-refractivity contribution in [2.75, 3.05) is 19.7 Å². The molecule has 3 saturated heterocycles. The second-order valence-corrected chi connectivity index (χ2v) is 6.75. The van der Waals surface area contributed by atoms with Crippen LogP contribution in [-0.4, -0.2) is 54.6 Å². The zero-order chi connectivity index (χ0) is 14.0. The number of carbonyl (C=O) groups excluding carboxylic acids is 1. The topological polar surface area (TPSA) is 41.6 Å². The number of nitrogens with one attached hydrogen (secondary N) is 1. The van der Waals surface area contributed by atoms with Gasteiger partial charge in [0.25, 0.3) is 5.92 Å². The number of fused-ring (bicyclic) bond motifs is 1. The van der Waals surface area contributed by atoms with Crippen LogP contribution in [0.25, 0.3) is 0 Å². The first kappa shape index (κ1) is 13.0. The lowest BCUT2D eigenvalue weighted by Crippen LogP contribution is -2.49. The van der Waals surface area contributed by atoms with Crippen LogP contribution in [0.15, 0.2) is 0 Å². The lowest BCUT2D eigenvalue weighted by molar-refractivity contribution is -0.135. The number of carbonyl (C=O) groups is 1. The van der Waals surface area contributed by atoms with Gasteiger partial charge in [-0.05, 0) is 25.7 Å². The highest BCUT2D eigenvalue weighted by Gasteiger charge is 2.70. The Morgan fingerprint density at radius 3 is 2.60 bits per heavy atom. The maximum Gasteiger partial charge on any atom is 0.254 e. The Balaban J connectivity index is 1.35. The highest BCUT2D eigenvalue weighted by molar-refractivity contribution is 5.82. The van der Waals surface area contributed by atoms with Crippen molar-refractivity contribution < 1.29 is 18.3 Å². The Hall–Kier alpha value is -0.750. The van der Waals surface area contributed by atoms with Crippen molar-refractivity contribution in [1.29, 1.82) is 0 Å². The number of rotatable bonds is 1. The van der Waals surface area contributed by atoms with E-state index in [0.29, 0.717) is 32.0 Å². The van der Waals surface area contributed by atoms with Gasteiger partial charge in [0, 0.05) is 37.6 Å². The van der Waals surface area contributed by atoms with E-state index >= 15 is 0 Å². The summed E-state index contributed by atoms with van der Waals surface area (Å²) in [5, 5.41) is 3.34. The second-order valence-electron chi connectivity index (χ2n) is 6.75. The molecule has 1 amide bonds. The molecular weight excluding hydrogens is 266 g/mol. The predicted molar refractivity (Wildman–Crippen MR) is 67.5 cm³/mol. The van der Waals surface area contributed by atoms with E-state index in [4.69, 9.17) is 4.74 Å². The van der Waals surface area contributed by atoms with Gasteiger partial charge in [0.05, 0.1) is 12.1 Å². The van der Waals surface area contributed by atoms with Gasteiger partial charge in [-0.3, -0.25) is 4.79 Å². The van der Waals surface area contributed by atoms with Crippen molar-refractivity contribution in [2.45, 2.75) is 56.2 Å². The quantitative estimate of drug-likeness (QED) is 0.786. The van der Waals surface area contributed by atoms with Gasteiger partial charge in [-0.1, -0.05) is 0 Å². The highest BCUT2D eigenvalue weighted by Crippen LogP contribution is 2.65. The number of hydrogen-bond acceptors (Lipinski definition) is 3. The maximum atomic E-state index is 13.3. The van der Waals surface area contributed by atoms with Crippen molar-refractivity contribution >= 4 is 5.91 Å². The van der Waals surface area contributed by atoms with Gasteiger partial charge in [-0.15, -0.1) is 0 Å². The molecule has 3 aliphatic heterocycles. The summed E-state index contributed by atoms with van der Waals surface area (Å²) in [6, 6.07) is 0.118. The number of alkyl halides is 2. The minimum absolute atomic E-state index is 0.0156. The molecule has 0 unspecified atom stereocenters. The lowest BCUT2D eigenvalue weighted by atomic mass is 9.92. The molecule has 4 nitrogen and oxygen atoms in total. The van der Waals surface area contributed by atoms with E-state index in [1.54, 1.807) is 4.90 Å². The van der Waals surface area contributed by atoms with Crippen LogP contribution in [0.5, 0.6) is 0 Å². The molecule has 0 aromatic rings. The molecule has 0 aromatic heterocycles. The molecule has 20 heavy (non-hydrogen) atoms. The Kier molecular flexibility index (Phi) is 2.68. The van der Waals surface area contributed by atoms with E-state index in [9.17, 15) is 13.6 Å². The van der Waals surface area contributed by atoms with Gasteiger partial charge in [-0.2, -0.15) is 0 Å². The summed E-state index contributed by atoms with van der Waals surface area (Å²) >= 11 is 0. The largest absolute Gasteiger partial charge is 0.376 e. The van der Waals surface area contributed by atoms with Crippen LogP contribution in [-0.2, 0) is 9.53 Å². The van der Waals surface area contributed by atoms with Crippen LogP contribution in [0, 0.1) is 5.41 Å². The maximum absolute atomic E-state index is 13.3. The van der Waals surface area contributed by atoms with Gasteiger partial charge in [-0.25, -0.2) is 8.78 Å². The van der Waals surface area contributed by atoms with Gasteiger partial charge in [0.2, 0.25) is 5.91 Å². The average molecular weight is 286 g/mol. The number of amides is 1. The smallest absolute Gasteiger partial charge is 0.254 e. The van der Waals surface area contributed by atoms with Crippen molar-refractivity contribution in [1.82, 2.24) is 10.2 Å². The van der Waals surface area contributed by atoms with Gasteiger partial charge >= 0.3 is 0 Å². The fraction of sp³-hybridized carbons (Fsp3) is 0.929. The highest BCUT2D eigenvalue weighted by atomic mass is 19.3. The molecule has 1 spiro atoms. The summed E-state index contributed by atoms with van der Waals surface area (Å²) in [7, 11) is 0. The van der Waals surface area contributed by atoms with E-state index < -0.39 is 11.3 Å². The minimum atomic E-state index is -2.49. The molecule has 4 fully saturated rings. The van der Waals surface area contributed by atoms with Crippen molar-refractivity contribution in [2.24, 2.45) is 5.41 Å². The normalized spacial score (nSPS) is 40.9. The number of ether oxygens (including phenoxy) is 1. The monoisotopic (exact) mass is 286 g/mol. The Bertz CT molecular complexity index is 423. The third kappa shape index (κ3) is 1.80. The van der Waals surface area contributed by atoms with Gasteiger partial charge in [0.1, 0.15) is 0 Å². The molecule has 3 atom stereocenters. The summed E-state index contributed by atoms with van der Waals surface area (Å²) in [5.41, 5.74) is -0.785. The zero-order valence-electron chi connectivity index (χ0n) is 11.4. The summed E-state index contributed by atoms with van der Waals surface area (Å²) < 4.78 is 32.2. The van der Waals surface area contributed by atoms with E-state index in [0.717, 1.165) is 19.4 Å². The zero-order valence-corrected chi connectivity index (χ0v) is 11.4. The van der Waals surface area contributed by atoms with Crippen LogP contribution in [0.3, 0.4) is 0 Å². The summed E-state index contributed by atoms with van der Waals surface area (Å²) in [5.74, 6) is -2.42. The minimum Gasteiger partial charge on any atom is -0.376 e. The molecule has 0 radical (unpaired) electrons.